The molecule has 3 nitrogen and oxygen atoms in total. The highest BCUT2D eigenvalue weighted by molar-refractivity contribution is 5.88. The number of hydrogen-bond donors (Lipinski definition) is 0. The van der Waals surface area contributed by atoms with Crippen molar-refractivity contribution in [3.8, 4) is 17.1 Å². The van der Waals surface area contributed by atoms with E-state index in [1.54, 1.807) is 0 Å². The van der Waals surface area contributed by atoms with Crippen LogP contribution in [0.25, 0.3) is 33.2 Å². The summed E-state index contributed by atoms with van der Waals surface area (Å²) in [7, 11) is 0. The molecule has 0 amide bonds. The number of hydrogen-bond acceptors (Lipinski definition) is 2. The van der Waals surface area contributed by atoms with Gasteiger partial charge < -0.3 is 9.30 Å². The Bertz CT molecular complexity index is 1300. The molecule has 3 heteroatoms. The Labute approximate surface area is 170 Å². The van der Waals surface area contributed by atoms with Gasteiger partial charge >= 0.3 is 0 Å². The zero-order valence-corrected chi connectivity index (χ0v) is 16.4. The van der Waals surface area contributed by atoms with Gasteiger partial charge in [0.1, 0.15) is 18.2 Å². The maximum Gasteiger partial charge on any atom is 0.141 e. The minimum Gasteiger partial charge on any atom is -0.491 e. The van der Waals surface area contributed by atoms with E-state index in [9.17, 15) is 0 Å². The van der Waals surface area contributed by atoms with E-state index < -0.39 is 0 Å². The van der Waals surface area contributed by atoms with E-state index in [-0.39, 0.29) is 0 Å². The molecule has 0 aliphatic carbocycles. The van der Waals surface area contributed by atoms with E-state index in [1.807, 2.05) is 18.2 Å². The maximum absolute atomic E-state index is 6.21. The molecule has 29 heavy (non-hydrogen) atoms. The highest BCUT2D eigenvalue weighted by atomic mass is 16.5. The SMILES string of the molecule is Cc1cccc(-c2nc3ccccc3n2CCOc2cccc3ccccc23)c1. The van der Waals surface area contributed by atoms with Crippen molar-refractivity contribution in [1.29, 1.82) is 0 Å². The molecule has 0 spiro atoms. The predicted molar refractivity (Wildman–Crippen MR) is 119 cm³/mol. The van der Waals surface area contributed by atoms with Crippen molar-refractivity contribution in [2.24, 2.45) is 0 Å². The summed E-state index contributed by atoms with van der Waals surface area (Å²) < 4.78 is 8.47. The number of ether oxygens (including phenoxy) is 1. The molecular weight excluding hydrogens is 356 g/mol. The van der Waals surface area contributed by atoms with Crippen LogP contribution in [-0.4, -0.2) is 16.2 Å². The van der Waals surface area contributed by atoms with Crippen LogP contribution in [0.4, 0.5) is 0 Å². The molecule has 0 bridgehead atoms. The van der Waals surface area contributed by atoms with E-state index >= 15 is 0 Å². The number of benzene rings is 4. The zero-order valence-electron chi connectivity index (χ0n) is 16.4. The molecule has 0 atom stereocenters. The summed E-state index contributed by atoms with van der Waals surface area (Å²) in [5.74, 6) is 1.90. The van der Waals surface area contributed by atoms with Gasteiger partial charge in [-0.05, 0) is 36.6 Å². The monoisotopic (exact) mass is 378 g/mol. The summed E-state index contributed by atoms with van der Waals surface area (Å²) in [5, 5.41) is 2.34. The van der Waals surface area contributed by atoms with Gasteiger partial charge in [0.15, 0.2) is 0 Å². The topological polar surface area (TPSA) is 27.1 Å². The Hall–Kier alpha value is -3.59. The van der Waals surface area contributed by atoms with Crippen molar-refractivity contribution < 1.29 is 4.74 Å². The van der Waals surface area contributed by atoms with Gasteiger partial charge in [-0.2, -0.15) is 0 Å². The number of rotatable bonds is 5. The van der Waals surface area contributed by atoms with Crippen molar-refractivity contribution >= 4 is 21.8 Å². The molecule has 142 valence electrons. The Morgan fingerprint density at radius 3 is 2.55 bits per heavy atom. The van der Waals surface area contributed by atoms with Gasteiger partial charge in [-0.1, -0.05) is 72.3 Å². The first-order chi connectivity index (χ1) is 14.3. The lowest BCUT2D eigenvalue weighted by Crippen LogP contribution is -2.09. The van der Waals surface area contributed by atoms with Gasteiger partial charge in [0.2, 0.25) is 0 Å². The lowest BCUT2D eigenvalue weighted by atomic mass is 10.1. The molecule has 0 radical (unpaired) electrons. The Morgan fingerprint density at radius 2 is 1.62 bits per heavy atom. The van der Waals surface area contributed by atoms with E-state index in [1.165, 1.54) is 10.9 Å². The van der Waals surface area contributed by atoms with Gasteiger partial charge in [0, 0.05) is 10.9 Å². The fourth-order valence-corrected chi connectivity index (χ4v) is 3.87. The second-order valence-corrected chi connectivity index (χ2v) is 7.27. The van der Waals surface area contributed by atoms with E-state index in [4.69, 9.17) is 9.72 Å². The number of para-hydroxylation sites is 2. The van der Waals surface area contributed by atoms with E-state index in [0.29, 0.717) is 6.61 Å². The average Bonchev–Trinajstić information content (AvgIpc) is 3.13. The summed E-state index contributed by atoms with van der Waals surface area (Å²) in [4.78, 5) is 4.91. The van der Waals surface area contributed by atoms with Gasteiger partial charge in [-0.15, -0.1) is 0 Å². The average molecular weight is 378 g/mol. The minimum atomic E-state index is 0.577. The normalized spacial score (nSPS) is 11.2. The number of aryl methyl sites for hydroxylation is 1. The Kier molecular flexibility index (Phi) is 4.49. The maximum atomic E-state index is 6.21. The molecular formula is C26H22N2O. The summed E-state index contributed by atoms with van der Waals surface area (Å²) in [6.45, 7) is 3.42. The van der Waals surface area contributed by atoms with Gasteiger partial charge in [-0.25, -0.2) is 4.98 Å². The fourth-order valence-electron chi connectivity index (χ4n) is 3.87. The van der Waals surface area contributed by atoms with Crippen molar-refractivity contribution in [1.82, 2.24) is 9.55 Å². The molecule has 1 heterocycles. The second-order valence-electron chi connectivity index (χ2n) is 7.27. The first-order valence-corrected chi connectivity index (χ1v) is 9.92. The van der Waals surface area contributed by atoms with Crippen molar-refractivity contribution in [3.05, 3.63) is 96.6 Å². The molecule has 0 saturated carbocycles. The van der Waals surface area contributed by atoms with E-state index in [0.717, 1.165) is 40.1 Å². The highest BCUT2D eigenvalue weighted by Crippen LogP contribution is 2.27. The largest absolute Gasteiger partial charge is 0.491 e. The summed E-state index contributed by atoms with van der Waals surface area (Å²) in [6.07, 6.45) is 0. The Balaban J connectivity index is 1.48. The third kappa shape index (κ3) is 3.36. The highest BCUT2D eigenvalue weighted by Gasteiger charge is 2.13. The van der Waals surface area contributed by atoms with Crippen LogP contribution in [0.3, 0.4) is 0 Å². The quantitative estimate of drug-likeness (QED) is 0.362. The third-order valence-corrected chi connectivity index (χ3v) is 5.25. The van der Waals surface area contributed by atoms with Crippen LogP contribution in [0, 0.1) is 6.92 Å². The van der Waals surface area contributed by atoms with Crippen molar-refractivity contribution in [2.75, 3.05) is 6.61 Å². The van der Waals surface area contributed by atoms with Crippen LogP contribution >= 0.6 is 0 Å². The van der Waals surface area contributed by atoms with Gasteiger partial charge in [-0.3, -0.25) is 0 Å². The van der Waals surface area contributed by atoms with Crippen LogP contribution in [0.15, 0.2) is 91.0 Å². The predicted octanol–water partition coefficient (Wildman–Crippen LogP) is 6.24. The molecule has 1 aromatic heterocycles. The summed E-state index contributed by atoms with van der Waals surface area (Å²) in [6, 6.07) is 31.3. The molecule has 4 aromatic carbocycles. The molecule has 0 saturated heterocycles. The molecule has 0 unspecified atom stereocenters. The number of aromatic nitrogens is 2. The standard InChI is InChI=1S/C26H22N2O/c1-19-8-6-11-21(18-19)26-27-23-13-4-5-14-24(23)28(26)16-17-29-25-15-7-10-20-9-2-3-12-22(20)25/h2-15,18H,16-17H2,1H3. The van der Waals surface area contributed by atoms with Crippen LogP contribution in [-0.2, 0) is 6.54 Å². The van der Waals surface area contributed by atoms with Crippen LogP contribution in [0.2, 0.25) is 0 Å². The van der Waals surface area contributed by atoms with Crippen molar-refractivity contribution in [3.63, 3.8) is 0 Å². The number of fused-ring (bicyclic) bond motifs is 2. The van der Waals surface area contributed by atoms with Crippen LogP contribution in [0.1, 0.15) is 5.56 Å². The zero-order chi connectivity index (χ0) is 19.6. The number of nitrogens with zero attached hydrogens (tertiary/aromatic N) is 2. The molecule has 0 N–H and O–H groups in total. The summed E-state index contributed by atoms with van der Waals surface area (Å²) >= 11 is 0. The van der Waals surface area contributed by atoms with Crippen LogP contribution < -0.4 is 4.74 Å². The second kappa shape index (κ2) is 7.44. The third-order valence-electron chi connectivity index (χ3n) is 5.25. The lowest BCUT2D eigenvalue weighted by Gasteiger charge is -2.13. The molecule has 5 rings (SSSR count). The molecule has 0 aliphatic heterocycles. The Morgan fingerprint density at radius 1 is 0.828 bits per heavy atom. The smallest absolute Gasteiger partial charge is 0.141 e. The number of imidazole rings is 1. The molecule has 0 fully saturated rings. The van der Waals surface area contributed by atoms with Gasteiger partial charge in [0.25, 0.3) is 0 Å². The fraction of sp³-hybridized carbons (Fsp3) is 0.115. The van der Waals surface area contributed by atoms with Crippen LogP contribution in [0.5, 0.6) is 5.75 Å². The first-order valence-electron chi connectivity index (χ1n) is 9.92. The van der Waals surface area contributed by atoms with E-state index in [2.05, 4.69) is 84.3 Å². The van der Waals surface area contributed by atoms with Gasteiger partial charge in [0.05, 0.1) is 17.6 Å². The first kappa shape index (κ1) is 17.5. The summed E-state index contributed by atoms with van der Waals surface area (Å²) in [5.41, 5.74) is 4.50. The minimum absolute atomic E-state index is 0.577. The van der Waals surface area contributed by atoms with Crippen molar-refractivity contribution in [2.45, 2.75) is 13.5 Å². The lowest BCUT2D eigenvalue weighted by molar-refractivity contribution is 0.304. The molecule has 5 aromatic rings. The molecule has 0 aliphatic rings.